The SMILES string of the molecule is O=C(O)CSCc1nc(-c2ncccc2Cl)no1. The number of aliphatic carboxylic acids is 1. The molecule has 0 saturated carbocycles. The molecular formula is C10H8ClN3O3S. The number of carboxylic acids is 1. The van der Waals surface area contributed by atoms with Crippen LogP contribution in [0.2, 0.25) is 5.02 Å². The maximum absolute atomic E-state index is 10.3. The van der Waals surface area contributed by atoms with E-state index in [1.807, 2.05) is 0 Å². The average Bonchev–Trinajstić information content (AvgIpc) is 2.78. The van der Waals surface area contributed by atoms with Gasteiger partial charge in [-0.3, -0.25) is 9.78 Å². The third-order valence-corrected chi connectivity index (χ3v) is 3.10. The van der Waals surface area contributed by atoms with E-state index in [1.54, 1.807) is 18.3 Å². The first kappa shape index (κ1) is 12.8. The normalized spacial score (nSPS) is 10.5. The number of pyridine rings is 1. The van der Waals surface area contributed by atoms with Crippen LogP contribution in [0, 0.1) is 0 Å². The van der Waals surface area contributed by atoms with Crippen molar-refractivity contribution in [3.8, 4) is 11.5 Å². The Kier molecular flexibility index (Phi) is 4.16. The van der Waals surface area contributed by atoms with Crippen LogP contribution >= 0.6 is 23.4 Å². The van der Waals surface area contributed by atoms with Gasteiger partial charge in [-0.15, -0.1) is 11.8 Å². The number of carbonyl (C=O) groups is 1. The number of hydrogen-bond donors (Lipinski definition) is 1. The Morgan fingerprint density at radius 2 is 2.39 bits per heavy atom. The third-order valence-electron chi connectivity index (χ3n) is 1.89. The summed E-state index contributed by atoms with van der Waals surface area (Å²) in [6, 6.07) is 3.38. The van der Waals surface area contributed by atoms with Crippen molar-refractivity contribution in [1.29, 1.82) is 0 Å². The zero-order valence-corrected chi connectivity index (χ0v) is 10.6. The summed E-state index contributed by atoms with van der Waals surface area (Å²) < 4.78 is 4.98. The molecule has 2 heterocycles. The lowest BCUT2D eigenvalue weighted by Gasteiger charge is -1.94. The number of thioether (sulfide) groups is 1. The molecular weight excluding hydrogens is 278 g/mol. The van der Waals surface area contributed by atoms with E-state index in [1.165, 1.54) is 11.8 Å². The molecule has 0 aliphatic rings. The summed E-state index contributed by atoms with van der Waals surface area (Å²) in [6.07, 6.45) is 1.58. The minimum Gasteiger partial charge on any atom is -0.481 e. The van der Waals surface area contributed by atoms with Gasteiger partial charge in [0.2, 0.25) is 11.7 Å². The van der Waals surface area contributed by atoms with Crippen LogP contribution in [0.3, 0.4) is 0 Å². The molecule has 8 heteroatoms. The van der Waals surface area contributed by atoms with E-state index in [9.17, 15) is 4.79 Å². The van der Waals surface area contributed by atoms with E-state index in [-0.39, 0.29) is 5.75 Å². The summed E-state index contributed by atoms with van der Waals surface area (Å²) in [5.74, 6) is 0.0863. The monoisotopic (exact) mass is 285 g/mol. The van der Waals surface area contributed by atoms with Gasteiger partial charge in [0.25, 0.3) is 0 Å². The van der Waals surface area contributed by atoms with Crippen molar-refractivity contribution in [2.75, 3.05) is 5.75 Å². The minimum atomic E-state index is -0.882. The Bertz CT molecular complexity index is 561. The summed E-state index contributed by atoms with van der Waals surface area (Å²) >= 11 is 7.12. The fourth-order valence-electron chi connectivity index (χ4n) is 1.19. The Labute approximate surface area is 111 Å². The molecule has 0 atom stereocenters. The molecule has 0 amide bonds. The predicted molar refractivity (Wildman–Crippen MR) is 66.3 cm³/mol. The molecule has 0 bridgehead atoms. The van der Waals surface area contributed by atoms with Crippen molar-refractivity contribution in [1.82, 2.24) is 15.1 Å². The lowest BCUT2D eigenvalue weighted by atomic mass is 10.3. The number of nitrogens with zero attached hydrogens (tertiary/aromatic N) is 3. The first-order valence-electron chi connectivity index (χ1n) is 4.90. The molecule has 0 spiro atoms. The van der Waals surface area contributed by atoms with E-state index >= 15 is 0 Å². The lowest BCUT2D eigenvalue weighted by Crippen LogP contribution is -1.98. The van der Waals surface area contributed by atoms with E-state index in [0.29, 0.717) is 28.2 Å². The molecule has 94 valence electrons. The van der Waals surface area contributed by atoms with Gasteiger partial charge in [0.1, 0.15) is 5.69 Å². The van der Waals surface area contributed by atoms with Gasteiger partial charge >= 0.3 is 5.97 Å². The standard InChI is InChI=1S/C10H8ClN3O3S/c11-6-2-1-3-12-9(6)10-13-7(17-14-10)4-18-5-8(15)16/h1-3H,4-5H2,(H,15,16). The van der Waals surface area contributed by atoms with Crippen LogP contribution in [0.4, 0.5) is 0 Å². The van der Waals surface area contributed by atoms with E-state index < -0.39 is 5.97 Å². The highest BCUT2D eigenvalue weighted by Crippen LogP contribution is 2.23. The van der Waals surface area contributed by atoms with Crippen molar-refractivity contribution in [2.45, 2.75) is 5.75 Å². The van der Waals surface area contributed by atoms with Crippen LogP contribution in [0.5, 0.6) is 0 Å². The minimum absolute atomic E-state index is 0.0118. The highest BCUT2D eigenvalue weighted by molar-refractivity contribution is 7.99. The van der Waals surface area contributed by atoms with Gasteiger partial charge in [-0.25, -0.2) is 0 Å². The molecule has 6 nitrogen and oxygen atoms in total. The smallest absolute Gasteiger partial charge is 0.313 e. The maximum Gasteiger partial charge on any atom is 0.313 e. The topological polar surface area (TPSA) is 89.1 Å². The zero-order chi connectivity index (χ0) is 13.0. The van der Waals surface area contributed by atoms with Crippen LogP contribution in [-0.4, -0.2) is 32.0 Å². The predicted octanol–water partition coefficient (Wildman–Crippen LogP) is 2.10. The second-order valence-corrected chi connectivity index (χ2v) is 4.62. The number of rotatable bonds is 5. The molecule has 0 aliphatic carbocycles. The van der Waals surface area contributed by atoms with Crippen molar-refractivity contribution in [3.05, 3.63) is 29.2 Å². The van der Waals surface area contributed by atoms with Crippen molar-refractivity contribution >= 4 is 29.3 Å². The molecule has 0 aromatic carbocycles. The number of halogens is 1. The van der Waals surface area contributed by atoms with Gasteiger partial charge in [-0.2, -0.15) is 4.98 Å². The molecule has 18 heavy (non-hydrogen) atoms. The third kappa shape index (κ3) is 3.21. The largest absolute Gasteiger partial charge is 0.481 e. The summed E-state index contributed by atoms with van der Waals surface area (Å²) in [7, 11) is 0. The molecule has 1 N–H and O–H groups in total. The second kappa shape index (κ2) is 5.83. The van der Waals surface area contributed by atoms with Gasteiger partial charge in [-0.05, 0) is 12.1 Å². The van der Waals surface area contributed by atoms with Crippen LogP contribution < -0.4 is 0 Å². The average molecular weight is 286 g/mol. The fourth-order valence-corrected chi connectivity index (χ4v) is 1.96. The summed E-state index contributed by atoms with van der Waals surface area (Å²) in [4.78, 5) is 18.5. The lowest BCUT2D eigenvalue weighted by molar-refractivity contribution is -0.133. The van der Waals surface area contributed by atoms with E-state index in [2.05, 4.69) is 15.1 Å². The highest BCUT2D eigenvalue weighted by atomic mass is 35.5. The summed E-state index contributed by atoms with van der Waals surface area (Å²) in [5.41, 5.74) is 0.442. The second-order valence-electron chi connectivity index (χ2n) is 3.23. The van der Waals surface area contributed by atoms with Crippen molar-refractivity contribution in [2.24, 2.45) is 0 Å². The van der Waals surface area contributed by atoms with Gasteiger partial charge < -0.3 is 9.63 Å². The van der Waals surface area contributed by atoms with Gasteiger partial charge in [0.15, 0.2) is 0 Å². The summed E-state index contributed by atoms with van der Waals surface area (Å²) in [6.45, 7) is 0. The quantitative estimate of drug-likeness (QED) is 0.899. The van der Waals surface area contributed by atoms with Crippen LogP contribution in [0.1, 0.15) is 5.89 Å². The first-order chi connectivity index (χ1) is 8.66. The fraction of sp³-hybridized carbons (Fsp3) is 0.200. The Balaban J connectivity index is 2.06. The summed E-state index contributed by atoms with van der Waals surface area (Å²) in [5, 5.41) is 12.7. The van der Waals surface area contributed by atoms with Crippen molar-refractivity contribution < 1.29 is 14.4 Å². The highest BCUT2D eigenvalue weighted by Gasteiger charge is 2.13. The molecule has 0 unspecified atom stereocenters. The van der Waals surface area contributed by atoms with Crippen LogP contribution in [0.25, 0.3) is 11.5 Å². The number of carboxylic acid groups (broad SMARTS) is 1. The molecule has 0 saturated heterocycles. The van der Waals surface area contributed by atoms with E-state index in [0.717, 1.165) is 0 Å². The molecule has 2 rings (SSSR count). The maximum atomic E-state index is 10.3. The Morgan fingerprint density at radius 3 is 3.11 bits per heavy atom. The molecule has 0 aliphatic heterocycles. The Morgan fingerprint density at radius 1 is 1.56 bits per heavy atom. The number of aromatic nitrogens is 3. The molecule has 0 fully saturated rings. The number of hydrogen-bond acceptors (Lipinski definition) is 6. The zero-order valence-electron chi connectivity index (χ0n) is 9.04. The van der Waals surface area contributed by atoms with Gasteiger partial charge in [-0.1, -0.05) is 16.8 Å². The Hall–Kier alpha value is -1.60. The van der Waals surface area contributed by atoms with E-state index in [4.69, 9.17) is 21.2 Å². The van der Waals surface area contributed by atoms with Crippen LogP contribution in [-0.2, 0) is 10.5 Å². The van der Waals surface area contributed by atoms with Crippen molar-refractivity contribution in [3.63, 3.8) is 0 Å². The van der Waals surface area contributed by atoms with Crippen LogP contribution in [0.15, 0.2) is 22.9 Å². The molecule has 2 aromatic heterocycles. The van der Waals surface area contributed by atoms with Gasteiger partial charge in [0, 0.05) is 6.20 Å². The first-order valence-corrected chi connectivity index (χ1v) is 6.43. The molecule has 0 radical (unpaired) electrons. The molecule has 2 aromatic rings. The van der Waals surface area contributed by atoms with Gasteiger partial charge in [0.05, 0.1) is 16.5 Å².